The molecule has 2 aromatic carbocycles. The third-order valence-corrected chi connectivity index (χ3v) is 4.58. The number of aryl methyl sites for hydroxylation is 1. The van der Waals surface area contributed by atoms with Crippen molar-refractivity contribution in [2.24, 2.45) is 0 Å². The predicted molar refractivity (Wildman–Crippen MR) is 96.1 cm³/mol. The van der Waals surface area contributed by atoms with Crippen molar-refractivity contribution in [3.05, 3.63) is 65.0 Å². The van der Waals surface area contributed by atoms with Gasteiger partial charge in [-0.1, -0.05) is 29.8 Å². The van der Waals surface area contributed by atoms with E-state index in [1.165, 1.54) is 6.07 Å². The van der Waals surface area contributed by atoms with Gasteiger partial charge in [0.25, 0.3) is 5.91 Å². The number of aliphatic hydroxyl groups excluding tert-OH is 1. The van der Waals surface area contributed by atoms with Crippen LogP contribution in [-0.2, 0) is 6.54 Å². The summed E-state index contributed by atoms with van der Waals surface area (Å²) in [5, 5.41) is 12.5. The molecule has 1 heterocycles. The number of anilines is 1. The van der Waals surface area contributed by atoms with E-state index in [9.17, 15) is 14.3 Å². The molecule has 2 N–H and O–H groups in total. The SMILES string of the molecule is Cc1ccc(F)c(C(=O)Nc2ccccc2CN2CCC(O)CC2)c1. The van der Waals surface area contributed by atoms with Gasteiger partial charge < -0.3 is 10.4 Å². The second-order valence-corrected chi connectivity index (χ2v) is 6.60. The quantitative estimate of drug-likeness (QED) is 0.896. The minimum atomic E-state index is -0.523. The normalized spacial score (nSPS) is 16.0. The number of para-hydroxylation sites is 1. The molecule has 0 spiro atoms. The lowest BCUT2D eigenvalue weighted by molar-refractivity contribution is 0.0793. The third-order valence-electron chi connectivity index (χ3n) is 4.58. The average molecular weight is 342 g/mol. The minimum Gasteiger partial charge on any atom is -0.393 e. The number of benzene rings is 2. The van der Waals surface area contributed by atoms with Gasteiger partial charge in [-0.15, -0.1) is 0 Å². The molecule has 0 radical (unpaired) electrons. The van der Waals surface area contributed by atoms with Crippen LogP contribution < -0.4 is 5.32 Å². The van der Waals surface area contributed by atoms with Gasteiger partial charge in [-0.3, -0.25) is 9.69 Å². The first-order chi connectivity index (χ1) is 12.0. The molecule has 0 unspecified atom stereocenters. The monoisotopic (exact) mass is 342 g/mol. The summed E-state index contributed by atoms with van der Waals surface area (Å²) in [6.07, 6.45) is 1.32. The molecule has 0 bridgehead atoms. The first kappa shape index (κ1) is 17.6. The van der Waals surface area contributed by atoms with Crippen molar-refractivity contribution in [2.75, 3.05) is 18.4 Å². The molecule has 1 amide bonds. The molecular formula is C20H23FN2O2. The fraction of sp³-hybridized carbons (Fsp3) is 0.350. The second-order valence-electron chi connectivity index (χ2n) is 6.60. The lowest BCUT2D eigenvalue weighted by Crippen LogP contribution is -2.35. The standard InChI is InChI=1S/C20H23FN2O2/c1-14-6-7-18(21)17(12-14)20(25)22-19-5-3-2-4-15(19)13-23-10-8-16(24)9-11-23/h2-7,12,16,24H,8-11,13H2,1H3,(H,22,25). The average Bonchev–Trinajstić information content (AvgIpc) is 2.60. The topological polar surface area (TPSA) is 52.6 Å². The number of carbonyl (C=O) groups is 1. The van der Waals surface area contributed by atoms with Crippen molar-refractivity contribution in [1.82, 2.24) is 4.90 Å². The number of rotatable bonds is 4. The Balaban J connectivity index is 1.74. The zero-order chi connectivity index (χ0) is 17.8. The van der Waals surface area contributed by atoms with E-state index < -0.39 is 11.7 Å². The van der Waals surface area contributed by atoms with Crippen molar-refractivity contribution >= 4 is 11.6 Å². The van der Waals surface area contributed by atoms with Gasteiger partial charge in [0.2, 0.25) is 0 Å². The number of likely N-dealkylation sites (tertiary alicyclic amines) is 1. The number of hydrogen-bond donors (Lipinski definition) is 2. The van der Waals surface area contributed by atoms with Crippen LogP contribution in [0, 0.1) is 12.7 Å². The summed E-state index contributed by atoms with van der Waals surface area (Å²) in [6, 6.07) is 12.1. The van der Waals surface area contributed by atoms with Crippen LogP contribution in [0.2, 0.25) is 0 Å². The van der Waals surface area contributed by atoms with Gasteiger partial charge >= 0.3 is 0 Å². The molecule has 1 saturated heterocycles. The maximum Gasteiger partial charge on any atom is 0.258 e. The molecule has 2 aromatic rings. The highest BCUT2D eigenvalue weighted by atomic mass is 19.1. The highest BCUT2D eigenvalue weighted by molar-refractivity contribution is 6.04. The molecule has 25 heavy (non-hydrogen) atoms. The number of amides is 1. The Morgan fingerprint density at radius 2 is 1.96 bits per heavy atom. The fourth-order valence-electron chi connectivity index (χ4n) is 3.10. The van der Waals surface area contributed by atoms with Crippen LogP contribution in [0.5, 0.6) is 0 Å². The third kappa shape index (κ3) is 4.44. The van der Waals surface area contributed by atoms with E-state index in [4.69, 9.17) is 0 Å². The maximum absolute atomic E-state index is 13.9. The van der Waals surface area contributed by atoms with Crippen LogP contribution in [0.4, 0.5) is 10.1 Å². The summed E-state index contributed by atoms with van der Waals surface area (Å²) in [6.45, 7) is 4.18. The number of halogens is 1. The van der Waals surface area contributed by atoms with E-state index in [0.717, 1.165) is 37.1 Å². The molecule has 0 atom stereocenters. The number of nitrogens with one attached hydrogen (secondary N) is 1. The lowest BCUT2D eigenvalue weighted by atomic mass is 10.1. The molecule has 132 valence electrons. The van der Waals surface area contributed by atoms with Crippen molar-refractivity contribution in [3.8, 4) is 0 Å². The zero-order valence-corrected chi connectivity index (χ0v) is 14.3. The van der Waals surface area contributed by atoms with E-state index in [2.05, 4.69) is 10.2 Å². The van der Waals surface area contributed by atoms with E-state index in [1.54, 1.807) is 12.1 Å². The Hall–Kier alpha value is -2.24. The summed E-state index contributed by atoms with van der Waals surface area (Å²) >= 11 is 0. The molecule has 3 rings (SSSR count). The van der Waals surface area contributed by atoms with Gasteiger partial charge in [0.05, 0.1) is 11.7 Å². The Morgan fingerprint density at radius 3 is 2.72 bits per heavy atom. The highest BCUT2D eigenvalue weighted by Gasteiger charge is 2.19. The zero-order valence-electron chi connectivity index (χ0n) is 14.3. The first-order valence-electron chi connectivity index (χ1n) is 8.59. The largest absolute Gasteiger partial charge is 0.393 e. The number of piperidine rings is 1. The number of nitrogens with zero attached hydrogens (tertiary/aromatic N) is 1. The number of hydrogen-bond acceptors (Lipinski definition) is 3. The summed E-state index contributed by atoms with van der Waals surface area (Å²) < 4.78 is 13.9. The Labute approximate surface area is 147 Å². The molecule has 0 aromatic heterocycles. The van der Waals surface area contributed by atoms with Crippen LogP contribution in [0.3, 0.4) is 0 Å². The van der Waals surface area contributed by atoms with E-state index >= 15 is 0 Å². The smallest absolute Gasteiger partial charge is 0.258 e. The summed E-state index contributed by atoms with van der Waals surface area (Å²) in [5.41, 5.74) is 2.57. The van der Waals surface area contributed by atoms with Crippen molar-refractivity contribution in [2.45, 2.75) is 32.4 Å². The van der Waals surface area contributed by atoms with Crippen molar-refractivity contribution in [1.29, 1.82) is 0 Å². The fourth-order valence-corrected chi connectivity index (χ4v) is 3.10. The van der Waals surface area contributed by atoms with Gasteiger partial charge in [-0.2, -0.15) is 0 Å². The van der Waals surface area contributed by atoms with Crippen LogP contribution in [0.25, 0.3) is 0 Å². The Bertz CT molecular complexity index is 755. The van der Waals surface area contributed by atoms with E-state index in [0.29, 0.717) is 12.2 Å². The van der Waals surface area contributed by atoms with Crippen LogP contribution in [0.15, 0.2) is 42.5 Å². The molecule has 1 aliphatic heterocycles. The molecule has 1 aliphatic rings. The molecule has 4 nitrogen and oxygen atoms in total. The molecular weight excluding hydrogens is 319 g/mol. The van der Waals surface area contributed by atoms with Gasteiger partial charge in [0.1, 0.15) is 5.82 Å². The molecule has 0 saturated carbocycles. The van der Waals surface area contributed by atoms with Gasteiger partial charge in [0.15, 0.2) is 0 Å². The minimum absolute atomic E-state index is 0.0518. The van der Waals surface area contributed by atoms with E-state index in [1.807, 2.05) is 31.2 Å². The molecule has 1 fully saturated rings. The molecule has 0 aliphatic carbocycles. The maximum atomic E-state index is 13.9. The van der Waals surface area contributed by atoms with Crippen molar-refractivity contribution < 1.29 is 14.3 Å². The van der Waals surface area contributed by atoms with Crippen LogP contribution in [-0.4, -0.2) is 35.1 Å². The Kier molecular flexibility index (Phi) is 5.46. The molecule has 5 heteroatoms. The second kappa shape index (κ2) is 7.76. The van der Waals surface area contributed by atoms with Gasteiger partial charge in [-0.25, -0.2) is 4.39 Å². The summed E-state index contributed by atoms with van der Waals surface area (Å²) in [7, 11) is 0. The van der Waals surface area contributed by atoms with Gasteiger partial charge in [0, 0.05) is 25.3 Å². The van der Waals surface area contributed by atoms with Crippen molar-refractivity contribution in [3.63, 3.8) is 0 Å². The first-order valence-corrected chi connectivity index (χ1v) is 8.59. The predicted octanol–water partition coefficient (Wildman–Crippen LogP) is 3.34. The highest BCUT2D eigenvalue weighted by Crippen LogP contribution is 2.21. The van der Waals surface area contributed by atoms with E-state index in [-0.39, 0.29) is 11.7 Å². The van der Waals surface area contributed by atoms with Crippen LogP contribution >= 0.6 is 0 Å². The number of carbonyl (C=O) groups excluding carboxylic acids is 1. The summed E-state index contributed by atoms with van der Waals surface area (Å²) in [4.78, 5) is 14.7. The lowest BCUT2D eigenvalue weighted by Gasteiger charge is -2.30. The Morgan fingerprint density at radius 1 is 1.24 bits per heavy atom. The number of aliphatic hydroxyl groups is 1. The van der Waals surface area contributed by atoms with Gasteiger partial charge in [-0.05, 0) is 43.5 Å². The summed E-state index contributed by atoms with van der Waals surface area (Å²) in [5.74, 6) is -0.965. The van der Waals surface area contributed by atoms with Crippen LogP contribution in [0.1, 0.15) is 34.3 Å².